The van der Waals surface area contributed by atoms with Gasteiger partial charge in [0, 0.05) is 0 Å². The van der Waals surface area contributed by atoms with Gasteiger partial charge in [-0.15, -0.1) is 0 Å². The number of rotatable bonds is 0. The minimum atomic E-state index is -0.919. The van der Waals surface area contributed by atoms with Gasteiger partial charge in [-0.05, 0) is 6.92 Å². The van der Waals surface area contributed by atoms with Gasteiger partial charge in [-0.2, -0.15) is 9.98 Å². The first-order valence-corrected chi connectivity index (χ1v) is 3.07. The Morgan fingerprint density at radius 2 is 2.08 bits per heavy atom. The molecule has 0 aliphatic carbocycles. The Hall–Kier alpha value is -1.72. The van der Waals surface area contributed by atoms with Gasteiger partial charge in [0.05, 0.1) is 7.11 Å². The van der Waals surface area contributed by atoms with Crippen molar-refractivity contribution in [3.8, 4) is 0 Å². The molecular weight excluding hydrogens is 164 g/mol. The van der Waals surface area contributed by atoms with E-state index in [0.717, 1.165) is 7.11 Å². The van der Waals surface area contributed by atoms with Crippen LogP contribution in [0.3, 0.4) is 0 Å². The van der Waals surface area contributed by atoms with Crippen molar-refractivity contribution in [3.05, 3.63) is 0 Å². The molecule has 1 rings (SSSR count). The van der Waals surface area contributed by atoms with E-state index >= 15 is 0 Å². The highest BCUT2D eigenvalue weighted by atomic mass is 16.7. The zero-order valence-electron chi connectivity index (χ0n) is 6.53. The molecule has 12 heavy (non-hydrogen) atoms. The molecule has 0 saturated carbocycles. The number of nitrogens with zero attached hydrogens (tertiary/aromatic N) is 2. The van der Waals surface area contributed by atoms with Gasteiger partial charge in [-0.25, -0.2) is 9.59 Å². The fourth-order valence-electron chi connectivity index (χ4n) is 0.601. The molecule has 0 saturated heterocycles. The van der Waals surface area contributed by atoms with Crippen LogP contribution in [-0.2, 0) is 9.47 Å². The number of amides is 2. The number of hydrogen-bond donors (Lipinski definition) is 0. The van der Waals surface area contributed by atoms with E-state index in [1.807, 2.05) is 0 Å². The minimum Gasteiger partial charge on any atom is -0.437 e. The Labute approximate surface area is 67.9 Å². The number of urea groups is 1. The van der Waals surface area contributed by atoms with Gasteiger partial charge in [0.25, 0.3) is 5.90 Å². The number of methoxy groups -OCH3 is 1. The SMILES string of the molecule is COC(=O)OC1=NC(=O)N=C1C. The zero-order valence-corrected chi connectivity index (χ0v) is 6.53. The van der Waals surface area contributed by atoms with Gasteiger partial charge in [-0.3, -0.25) is 0 Å². The highest BCUT2D eigenvalue weighted by Gasteiger charge is 2.19. The maximum atomic E-state index is 10.5. The first-order chi connectivity index (χ1) is 5.63. The van der Waals surface area contributed by atoms with E-state index in [-0.39, 0.29) is 11.6 Å². The Bertz CT molecular complexity index is 292. The van der Waals surface area contributed by atoms with Crippen LogP contribution in [0.25, 0.3) is 0 Å². The predicted molar refractivity (Wildman–Crippen MR) is 39.4 cm³/mol. The molecule has 2 amide bonds. The molecule has 1 heterocycles. The van der Waals surface area contributed by atoms with Crippen molar-refractivity contribution < 1.29 is 19.1 Å². The topological polar surface area (TPSA) is 77.3 Å². The summed E-state index contributed by atoms with van der Waals surface area (Å²) >= 11 is 0. The summed E-state index contributed by atoms with van der Waals surface area (Å²) in [6.07, 6.45) is -0.919. The summed E-state index contributed by atoms with van der Waals surface area (Å²) in [4.78, 5) is 27.8. The summed E-state index contributed by atoms with van der Waals surface area (Å²) in [7, 11) is 1.16. The molecule has 0 N–H and O–H groups in total. The molecule has 1 aliphatic heterocycles. The third-order valence-electron chi connectivity index (χ3n) is 1.12. The average Bonchev–Trinajstić information content (AvgIpc) is 2.30. The van der Waals surface area contributed by atoms with E-state index in [0.29, 0.717) is 0 Å². The van der Waals surface area contributed by atoms with Crippen molar-refractivity contribution in [2.45, 2.75) is 6.92 Å². The third kappa shape index (κ3) is 1.66. The van der Waals surface area contributed by atoms with E-state index in [4.69, 9.17) is 0 Å². The zero-order chi connectivity index (χ0) is 9.14. The van der Waals surface area contributed by atoms with Crippen LogP contribution >= 0.6 is 0 Å². The summed E-state index contributed by atoms with van der Waals surface area (Å²) in [6.45, 7) is 1.51. The van der Waals surface area contributed by atoms with Gasteiger partial charge in [-0.1, -0.05) is 0 Å². The monoisotopic (exact) mass is 170 g/mol. The van der Waals surface area contributed by atoms with Crippen LogP contribution in [-0.4, -0.2) is 30.9 Å². The smallest absolute Gasteiger partial charge is 0.437 e. The molecule has 0 spiro atoms. The van der Waals surface area contributed by atoms with E-state index in [9.17, 15) is 9.59 Å². The standard InChI is InChI=1S/C6H6N2O4/c1-3-4(8-5(9)7-3)12-6(10)11-2/h1-2H3. The molecule has 0 aromatic carbocycles. The number of carbonyl (C=O) groups excluding carboxylic acids is 2. The van der Waals surface area contributed by atoms with Gasteiger partial charge < -0.3 is 9.47 Å². The summed E-state index contributed by atoms with van der Waals surface area (Å²) in [6, 6.07) is -0.675. The molecule has 0 aromatic heterocycles. The van der Waals surface area contributed by atoms with E-state index < -0.39 is 12.2 Å². The van der Waals surface area contributed by atoms with Crippen LogP contribution in [0.2, 0.25) is 0 Å². The number of ether oxygens (including phenoxy) is 2. The fraction of sp³-hybridized carbons (Fsp3) is 0.333. The molecule has 0 atom stereocenters. The van der Waals surface area contributed by atoms with Crippen LogP contribution in [0, 0.1) is 0 Å². The van der Waals surface area contributed by atoms with Gasteiger partial charge >= 0.3 is 12.2 Å². The van der Waals surface area contributed by atoms with E-state index in [2.05, 4.69) is 19.5 Å². The Balaban J connectivity index is 2.67. The van der Waals surface area contributed by atoms with Crippen LogP contribution in [0.4, 0.5) is 9.59 Å². The summed E-state index contributed by atoms with van der Waals surface area (Å²) in [5.41, 5.74) is 0.269. The lowest BCUT2D eigenvalue weighted by Crippen LogP contribution is -2.16. The van der Waals surface area contributed by atoms with Crippen LogP contribution in [0.15, 0.2) is 9.98 Å². The summed E-state index contributed by atoms with van der Waals surface area (Å²) in [5.74, 6) is -0.105. The van der Waals surface area contributed by atoms with Crippen molar-refractivity contribution in [1.29, 1.82) is 0 Å². The normalized spacial score (nSPS) is 15.3. The highest BCUT2D eigenvalue weighted by molar-refractivity contribution is 6.45. The molecule has 1 aliphatic rings. The predicted octanol–water partition coefficient (Wildman–Crippen LogP) is 0.762. The maximum absolute atomic E-state index is 10.5. The first kappa shape index (κ1) is 8.38. The summed E-state index contributed by atoms with van der Waals surface area (Å²) < 4.78 is 8.67. The minimum absolute atomic E-state index is 0.105. The average molecular weight is 170 g/mol. The second-order valence-electron chi connectivity index (χ2n) is 1.95. The van der Waals surface area contributed by atoms with Crippen molar-refractivity contribution in [3.63, 3.8) is 0 Å². The molecule has 0 bridgehead atoms. The number of aliphatic imine (C=N–C) groups is 2. The van der Waals surface area contributed by atoms with Crippen LogP contribution < -0.4 is 0 Å². The van der Waals surface area contributed by atoms with Crippen LogP contribution in [0.1, 0.15) is 6.92 Å². The molecule has 0 radical (unpaired) electrons. The summed E-state index contributed by atoms with van der Waals surface area (Å²) in [5, 5.41) is 0. The van der Waals surface area contributed by atoms with Gasteiger partial charge in [0.15, 0.2) is 0 Å². The van der Waals surface area contributed by atoms with Gasteiger partial charge in [0.2, 0.25) is 0 Å². The molecule has 0 aromatic rings. The molecule has 64 valence electrons. The van der Waals surface area contributed by atoms with Gasteiger partial charge in [0.1, 0.15) is 5.71 Å². The molecule has 6 heteroatoms. The first-order valence-electron chi connectivity index (χ1n) is 3.07. The lowest BCUT2D eigenvalue weighted by Gasteiger charge is -1.99. The molecule has 0 unspecified atom stereocenters. The van der Waals surface area contributed by atoms with Crippen molar-refractivity contribution in [1.82, 2.24) is 0 Å². The van der Waals surface area contributed by atoms with Crippen LogP contribution in [0.5, 0.6) is 0 Å². The molecular formula is C6H6N2O4. The number of hydrogen-bond acceptors (Lipinski definition) is 4. The Morgan fingerprint density at radius 3 is 2.50 bits per heavy atom. The fourth-order valence-corrected chi connectivity index (χ4v) is 0.601. The van der Waals surface area contributed by atoms with E-state index in [1.54, 1.807) is 0 Å². The van der Waals surface area contributed by atoms with Crippen molar-refractivity contribution in [2.24, 2.45) is 9.98 Å². The van der Waals surface area contributed by atoms with E-state index in [1.165, 1.54) is 6.92 Å². The quantitative estimate of drug-likeness (QED) is 0.503. The van der Waals surface area contributed by atoms with Crippen molar-refractivity contribution in [2.75, 3.05) is 7.11 Å². The second-order valence-corrected chi connectivity index (χ2v) is 1.95. The second kappa shape index (κ2) is 3.12. The lowest BCUT2D eigenvalue weighted by atomic mass is 10.4. The number of carbonyl (C=O) groups is 2. The maximum Gasteiger partial charge on any atom is 0.514 e. The van der Waals surface area contributed by atoms with Crippen molar-refractivity contribution >= 4 is 23.8 Å². The third-order valence-corrected chi connectivity index (χ3v) is 1.12. The molecule has 0 fully saturated rings. The Morgan fingerprint density at radius 1 is 1.42 bits per heavy atom. The highest BCUT2D eigenvalue weighted by Crippen LogP contribution is 2.01. The lowest BCUT2D eigenvalue weighted by molar-refractivity contribution is 0.119. The Kier molecular flexibility index (Phi) is 2.18. The molecule has 6 nitrogen and oxygen atoms in total. The largest absolute Gasteiger partial charge is 0.514 e.